The van der Waals surface area contributed by atoms with Crippen LogP contribution in [0.2, 0.25) is 0 Å². The number of hydrogen-bond donors (Lipinski definition) is 1. The van der Waals surface area contributed by atoms with Gasteiger partial charge in [0.25, 0.3) is 0 Å². The van der Waals surface area contributed by atoms with Crippen molar-refractivity contribution in [3.05, 3.63) is 36.5 Å². The molecule has 0 atom stereocenters. The average Bonchev–Trinajstić information content (AvgIpc) is 2.27. The highest BCUT2D eigenvalue weighted by molar-refractivity contribution is 5.38. The molecule has 15 heavy (non-hydrogen) atoms. The summed E-state index contributed by atoms with van der Waals surface area (Å²) < 4.78 is 0. The van der Waals surface area contributed by atoms with Crippen LogP contribution in [-0.4, -0.2) is 25.1 Å². The fourth-order valence-corrected chi connectivity index (χ4v) is 1.32. The molecule has 0 aliphatic rings. The zero-order valence-electron chi connectivity index (χ0n) is 9.53. The number of pyridine rings is 1. The van der Waals surface area contributed by atoms with Crippen molar-refractivity contribution in [1.82, 2.24) is 10.3 Å². The molecule has 3 heteroatoms. The summed E-state index contributed by atoms with van der Waals surface area (Å²) >= 11 is 0. The Morgan fingerprint density at radius 3 is 3.00 bits per heavy atom. The first-order chi connectivity index (χ1) is 7.27. The Kier molecular flexibility index (Phi) is 4.84. The van der Waals surface area contributed by atoms with Crippen molar-refractivity contribution in [2.24, 2.45) is 0 Å². The summed E-state index contributed by atoms with van der Waals surface area (Å²) in [5, 5.41) is 3.26. The Bertz CT molecular complexity index is 309. The third-order valence-corrected chi connectivity index (χ3v) is 2.14. The van der Waals surface area contributed by atoms with Gasteiger partial charge < -0.3 is 10.2 Å². The second-order valence-corrected chi connectivity index (χ2v) is 3.44. The summed E-state index contributed by atoms with van der Waals surface area (Å²) in [5.74, 6) is 0.991. The van der Waals surface area contributed by atoms with E-state index in [4.69, 9.17) is 0 Å². The van der Waals surface area contributed by atoms with Gasteiger partial charge in [0.15, 0.2) is 0 Å². The molecule has 0 aliphatic carbocycles. The number of aromatic nitrogens is 1. The second-order valence-electron chi connectivity index (χ2n) is 3.44. The highest BCUT2D eigenvalue weighted by Gasteiger charge is 2.01. The molecule has 1 aromatic heterocycles. The minimum absolute atomic E-state index is 0.817. The van der Waals surface area contributed by atoms with Gasteiger partial charge in [0, 0.05) is 20.1 Å². The Morgan fingerprint density at radius 1 is 1.53 bits per heavy atom. The lowest BCUT2D eigenvalue weighted by molar-refractivity contribution is 0.709. The fraction of sp³-hybridized carbons (Fsp3) is 0.417. The third-order valence-electron chi connectivity index (χ3n) is 2.14. The predicted octanol–water partition coefficient (Wildman–Crippen LogP) is 1.81. The molecule has 1 rings (SSSR count). The maximum Gasteiger partial charge on any atom is 0.128 e. The van der Waals surface area contributed by atoms with E-state index < -0.39 is 0 Å². The topological polar surface area (TPSA) is 28.2 Å². The fourth-order valence-electron chi connectivity index (χ4n) is 1.32. The van der Waals surface area contributed by atoms with Gasteiger partial charge in [-0.15, -0.1) is 6.58 Å². The molecule has 1 heterocycles. The van der Waals surface area contributed by atoms with E-state index in [9.17, 15) is 0 Å². The largest absolute Gasteiger partial charge is 0.356 e. The molecule has 0 bridgehead atoms. The van der Waals surface area contributed by atoms with Gasteiger partial charge in [-0.2, -0.15) is 0 Å². The summed E-state index contributed by atoms with van der Waals surface area (Å²) in [6.07, 6.45) is 1.87. The first-order valence-electron chi connectivity index (χ1n) is 5.26. The van der Waals surface area contributed by atoms with Crippen LogP contribution in [0.3, 0.4) is 0 Å². The number of rotatable bonds is 6. The van der Waals surface area contributed by atoms with Crippen LogP contribution in [-0.2, 0) is 6.54 Å². The molecule has 0 spiro atoms. The summed E-state index contributed by atoms with van der Waals surface area (Å²) in [6, 6.07) is 6.08. The van der Waals surface area contributed by atoms with Crippen LogP contribution in [0.5, 0.6) is 0 Å². The molecular weight excluding hydrogens is 186 g/mol. The number of nitrogens with zero attached hydrogens (tertiary/aromatic N) is 2. The van der Waals surface area contributed by atoms with Crippen LogP contribution >= 0.6 is 0 Å². The van der Waals surface area contributed by atoms with E-state index in [2.05, 4.69) is 28.7 Å². The Morgan fingerprint density at radius 2 is 2.33 bits per heavy atom. The van der Waals surface area contributed by atoms with Gasteiger partial charge in [-0.05, 0) is 18.7 Å². The lowest BCUT2D eigenvalue weighted by Gasteiger charge is -2.16. The molecular formula is C12H19N3. The van der Waals surface area contributed by atoms with Gasteiger partial charge in [-0.25, -0.2) is 4.98 Å². The lowest BCUT2D eigenvalue weighted by Crippen LogP contribution is -2.19. The Balaban J connectivity index is 2.68. The molecule has 3 nitrogen and oxygen atoms in total. The summed E-state index contributed by atoms with van der Waals surface area (Å²) in [4.78, 5) is 6.62. The quantitative estimate of drug-likeness (QED) is 0.718. The Hall–Kier alpha value is -1.35. The maximum atomic E-state index is 4.54. The van der Waals surface area contributed by atoms with Gasteiger partial charge in [0.05, 0.1) is 5.69 Å². The number of hydrogen-bond acceptors (Lipinski definition) is 3. The molecule has 82 valence electrons. The molecule has 0 saturated heterocycles. The van der Waals surface area contributed by atoms with Crippen molar-refractivity contribution in [3.63, 3.8) is 0 Å². The van der Waals surface area contributed by atoms with Gasteiger partial charge in [0.1, 0.15) is 5.82 Å². The smallest absolute Gasteiger partial charge is 0.128 e. The normalized spacial score (nSPS) is 10.0. The summed E-state index contributed by atoms with van der Waals surface area (Å²) in [5.41, 5.74) is 1.07. The minimum Gasteiger partial charge on any atom is -0.356 e. The molecule has 0 aliphatic heterocycles. The number of likely N-dealkylation sites (N-methyl/N-ethyl adjacent to an activating group) is 1. The van der Waals surface area contributed by atoms with Crippen molar-refractivity contribution < 1.29 is 0 Å². The Labute approximate surface area is 91.8 Å². The van der Waals surface area contributed by atoms with E-state index in [1.807, 2.05) is 31.3 Å². The SMILES string of the molecule is C=CCN(C)c1cccc(CNCC)n1. The van der Waals surface area contributed by atoms with Gasteiger partial charge in [0.2, 0.25) is 0 Å². The van der Waals surface area contributed by atoms with E-state index in [0.29, 0.717) is 0 Å². The zero-order chi connectivity index (χ0) is 11.1. The minimum atomic E-state index is 0.817. The van der Waals surface area contributed by atoms with Crippen molar-refractivity contribution in [2.45, 2.75) is 13.5 Å². The van der Waals surface area contributed by atoms with Gasteiger partial charge >= 0.3 is 0 Å². The van der Waals surface area contributed by atoms with Crippen LogP contribution < -0.4 is 10.2 Å². The predicted molar refractivity (Wildman–Crippen MR) is 65.1 cm³/mol. The molecule has 1 N–H and O–H groups in total. The van der Waals surface area contributed by atoms with Crippen LogP contribution in [0.1, 0.15) is 12.6 Å². The average molecular weight is 205 g/mol. The molecule has 0 aromatic carbocycles. The van der Waals surface area contributed by atoms with Crippen molar-refractivity contribution in [1.29, 1.82) is 0 Å². The monoisotopic (exact) mass is 205 g/mol. The van der Waals surface area contributed by atoms with Crippen LogP contribution in [0.4, 0.5) is 5.82 Å². The molecule has 0 radical (unpaired) electrons. The van der Waals surface area contributed by atoms with Gasteiger partial charge in [-0.1, -0.05) is 19.1 Å². The second kappa shape index (κ2) is 6.19. The van der Waals surface area contributed by atoms with Crippen molar-refractivity contribution in [2.75, 3.05) is 25.0 Å². The van der Waals surface area contributed by atoms with Crippen LogP contribution in [0.15, 0.2) is 30.9 Å². The number of anilines is 1. The van der Waals surface area contributed by atoms with Crippen LogP contribution in [0, 0.1) is 0 Å². The van der Waals surface area contributed by atoms with E-state index in [-0.39, 0.29) is 0 Å². The standard InChI is InChI=1S/C12H19N3/c1-4-9-15(3)12-8-6-7-11(14-12)10-13-5-2/h4,6-8,13H,1,5,9-10H2,2-3H3. The first-order valence-corrected chi connectivity index (χ1v) is 5.26. The van der Waals surface area contributed by atoms with Crippen molar-refractivity contribution >= 4 is 5.82 Å². The molecule has 0 amide bonds. The van der Waals surface area contributed by atoms with E-state index >= 15 is 0 Å². The first kappa shape index (κ1) is 11.7. The zero-order valence-corrected chi connectivity index (χ0v) is 9.53. The van der Waals surface area contributed by atoms with E-state index in [0.717, 1.165) is 31.1 Å². The highest BCUT2D eigenvalue weighted by Crippen LogP contribution is 2.09. The summed E-state index contributed by atoms with van der Waals surface area (Å²) in [7, 11) is 2.01. The van der Waals surface area contributed by atoms with Crippen molar-refractivity contribution in [3.8, 4) is 0 Å². The van der Waals surface area contributed by atoms with E-state index in [1.165, 1.54) is 0 Å². The van der Waals surface area contributed by atoms with Gasteiger partial charge in [-0.3, -0.25) is 0 Å². The van der Waals surface area contributed by atoms with Crippen LogP contribution in [0.25, 0.3) is 0 Å². The van der Waals surface area contributed by atoms with E-state index in [1.54, 1.807) is 0 Å². The molecule has 0 fully saturated rings. The molecule has 1 aromatic rings. The molecule has 0 saturated carbocycles. The maximum absolute atomic E-state index is 4.54. The number of nitrogens with one attached hydrogen (secondary N) is 1. The molecule has 0 unspecified atom stereocenters. The third kappa shape index (κ3) is 3.72. The summed E-state index contributed by atoms with van der Waals surface area (Å²) in [6.45, 7) is 8.42. The lowest BCUT2D eigenvalue weighted by atomic mass is 10.3. The highest BCUT2D eigenvalue weighted by atomic mass is 15.2.